The number of nitrogens with zero attached hydrogens (tertiary/aromatic N) is 4. The lowest BCUT2D eigenvalue weighted by molar-refractivity contribution is 0.0678. The highest BCUT2D eigenvalue weighted by atomic mass is 32.2. The van der Waals surface area contributed by atoms with Crippen LogP contribution in [0.4, 0.5) is 8.78 Å². The lowest BCUT2D eigenvalue weighted by Gasteiger charge is -2.10. The second kappa shape index (κ2) is 6.54. The van der Waals surface area contributed by atoms with Crippen molar-refractivity contribution < 1.29 is 8.78 Å². The lowest BCUT2D eigenvalue weighted by Crippen LogP contribution is -2.03. The average Bonchev–Trinajstić information content (AvgIpc) is 3.13. The maximum absolute atomic E-state index is 12.9. The van der Waals surface area contributed by atoms with Crippen LogP contribution in [0.3, 0.4) is 0 Å². The number of alkyl halides is 2. The molecule has 0 aliphatic rings. The number of benzene rings is 1. The molecule has 2 heterocycles. The molecular formula is C16H16F2N4S. The predicted molar refractivity (Wildman–Crippen MR) is 86.1 cm³/mol. The van der Waals surface area contributed by atoms with Gasteiger partial charge in [-0.15, -0.1) is 0 Å². The smallest absolute Gasteiger partial charge is 0.295 e. The number of imidazole rings is 2. The van der Waals surface area contributed by atoms with Gasteiger partial charge in [0.05, 0.1) is 5.75 Å². The second-order valence-electron chi connectivity index (χ2n) is 5.24. The quantitative estimate of drug-likeness (QED) is 0.650. The Morgan fingerprint density at radius 1 is 1.04 bits per heavy atom. The Morgan fingerprint density at radius 2 is 1.74 bits per heavy atom. The lowest BCUT2D eigenvalue weighted by atomic mass is 10.1. The van der Waals surface area contributed by atoms with Gasteiger partial charge in [-0.25, -0.2) is 9.97 Å². The molecule has 3 aromatic rings. The van der Waals surface area contributed by atoms with Crippen LogP contribution in [0.1, 0.15) is 23.5 Å². The molecule has 0 aliphatic heterocycles. The van der Waals surface area contributed by atoms with E-state index in [1.807, 2.05) is 24.6 Å². The van der Waals surface area contributed by atoms with Gasteiger partial charge in [0, 0.05) is 30.5 Å². The van der Waals surface area contributed by atoms with Crippen LogP contribution in [0.5, 0.6) is 0 Å². The highest BCUT2D eigenvalue weighted by Gasteiger charge is 2.13. The Bertz CT molecular complexity index is 790. The van der Waals surface area contributed by atoms with Crippen LogP contribution in [0.25, 0.3) is 5.69 Å². The van der Waals surface area contributed by atoms with Crippen LogP contribution in [-0.2, 0) is 5.75 Å². The van der Waals surface area contributed by atoms with E-state index in [2.05, 4.69) is 28.2 Å². The Morgan fingerprint density at radius 3 is 2.43 bits per heavy atom. The van der Waals surface area contributed by atoms with Crippen LogP contribution in [0.15, 0.2) is 48.1 Å². The number of rotatable bonds is 5. The Hall–Kier alpha value is -2.15. The van der Waals surface area contributed by atoms with Crippen molar-refractivity contribution in [3.63, 3.8) is 0 Å². The molecule has 7 heteroatoms. The van der Waals surface area contributed by atoms with Gasteiger partial charge >= 0.3 is 6.55 Å². The first kappa shape index (κ1) is 15.7. The SMILES string of the molecule is Cc1cc(C)cc(-n2ccnc2SCc2nccn2C(F)F)c1. The Kier molecular flexibility index (Phi) is 4.47. The average molecular weight is 334 g/mol. The van der Waals surface area contributed by atoms with Crippen molar-refractivity contribution in [3.05, 3.63) is 59.9 Å². The van der Waals surface area contributed by atoms with E-state index in [0.717, 1.165) is 26.5 Å². The van der Waals surface area contributed by atoms with Gasteiger partial charge in [0.1, 0.15) is 5.82 Å². The summed E-state index contributed by atoms with van der Waals surface area (Å²) in [4.78, 5) is 8.32. The van der Waals surface area contributed by atoms with Gasteiger partial charge in [0.15, 0.2) is 5.16 Å². The normalized spacial score (nSPS) is 11.3. The molecule has 0 bridgehead atoms. The van der Waals surface area contributed by atoms with Gasteiger partial charge in [-0.3, -0.25) is 9.13 Å². The van der Waals surface area contributed by atoms with E-state index in [9.17, 15) is 8.78 Å². The standard InChI is InChI=1S/C16H16F2N4S/c1-11-7-12(2)9-13(8-11)21-5-4-20-16(21)23-10-14-19-3-6-22(14)15(17)18/h3-9,15H,10H2,1-2H3. The summed E-state index contributed by atoms with van der Waals surface area (Å²) in [5.41, 5.74) is 3.34. The molecular weight excluding hydrogens is 318 g/mol. The fraction of sp³-hybridized carbons (Fsp3) is 0.250. The number of hydrogen-bond donors (Lipinski definition) is 0. The van der Waals surface area contributed by atoms with Crippen molar-refractivity contribution >= 4 is 11.8 Å². The summed E-state index contributed by atoms with van der Waals surface area (Å²) in [7, 11) is 0. The summed E-state index contributed by atoms with van der Waals surface area (Å²) in [5, 5.41) is 0.749. The summed E-state index contributed by atoms with van der Waals surface area (Å²) in [6.07, 6.45) is 6.26. The van der Waals surface area contributed by atoms with Crippen molar-refractivity contribution in [1.29, 1.82) is 0 Å². The topological polar surface area (TPSA) is 35.6 Å². The van der Waals surface area contributed by atoms with E-state index in [1.165, 1.54) is 24.2 Å². The highest BCUT2D eigenvalue weighted by Crippen LogP contribution is 2.26. The van der Waals surface area contributed by atoms with Crippen LogP contribution in [0, 0.1) is 13.8 Å². The molecule has 0 N–H and O–H groups in total. The van der Waals surface area contributed by atoms with Gasteiger partial charge in [-0.05, 0) is 37.1 Å². The summed E-state index contributed by atoms with van der Waals surface area (Å²) >= 11 is 1.38. The van der Waals surface area contributed by atoms with E-state index in [1.54, 1.807) is 6.20 Å². The maximum atomic E-state index is 12.9. The molecule has 2 aromatic heterocycles. The van der Waals surface area contributed by atoms with E-state index in [0.29, 0.717) is 11.6 Å². The molecule has 0 saturated heterocycles. The minimum Gasteiger partial charge on any atom is -0.295 e. The first-order valence-electron chi connectivity index (χ1n) is 7.09. The molecule has 0 unspecified atom stereocenters. The molecule has 0 spiro atoms. The molecule has 0 radical (unpaired) electrons. The molecule has 0 fully saturated rings. The molecule has 0 aliphatic carbocycles. The van der Waals surface area contributed by atoms with E-state index < -0.39 is 6.55 Å². The fourth-order valence-corrected chi connectivity index (χ4v) is 3.37. The summed E-state index contributed by atoms with van der Waals surface area (Å²) < 4.78 is 28.5. The largest absolute Gasteiger partial charge is 0.319 e. The third-order valence-electron chi connectivity index (χ3n) is 3.38. The zero-order valence-electron chi connectivity index (χ0n) is 12.8. The van der Waals surface area contributed by atoms with Gasteiger partial charge in [0.2, 0.25) is 0 Å². The maximum Gasteiger partial charge on any atom is 0.319 e. The highest BCUT2D eigenvalue weighted by molar-refractivity contribution is 7.98. The van der Waals surface area contributed by atoms with E-state index in [4.69, 9.17) is 0 Å². The minimum atomic E-state index is -2.58. The first-order chi connectivity index (χ1) is 11.0. The number of thioether (sulfide) groups is 1. The zero-order chi connectivity index (χ0) is 16.4. The van der Waals surface area contributed by atoms with Crippen LogP contribution in [-0.4, -0.2) is 19.1 Å². The van der Waals surface area contributed by atoms with Gasteiger partial charge in [-0.1, -0.05) is 17.8 Å². The van der Waals surface area contributed by atoms with Gasteiger partial charge < -0.3 is 0 Å². The molecule has 0 amide bonds. The fourth-order valence-electron chi connectivity index (χ4n) is 2.45. The number of hydrogen-bond acceptors (Lipinski definition) is 3. The van der Waals surface area contributed by atoms with Crippen molar-refractivity contribution in [3.8, 4) is 5.69 Å². The summed E-state index contributed by atoms with van der Waals surface area (Å²) in [6.45, 7) is 1.51. The molecule has 3 rings (SSSR count). The predicted octanol–water partition coefficient (Wildman–Crippen LogP) is 4.37. The number of halogens is 2. The van der Waals surface area contributed by atoms with Crippen molar-refractivity contribution in [2.75, 3.05) is 0 Å². The van der Waals surface area contributed by atoms with Crippen LogP contribution < -0.4 is 0 Å². The van der Waals surface area contributed by atoms with Crippen molar-refractivity contribution in [1.82, 2.24) is 19.1 Å². The van der Waals surface area contributed by atoms with Gasteiger partial charge in [-0.2, -0.15) is 8.78 Å². The second-order valence-corrected chi connectivity index (χ2v) is 6.19. The Labute approximate surface area is 137 Å². The monoisotopic (exact) mass is 334 g/mol. The molecule has 0 atom stereocenters. The summed E-state index contributed by atoms with van der Waals surface area (Å²) in [6, 6.07) is 6.24. The first-order valence-corrected chi connectivity index (χ1v) is 8.08. The molecule has 120 valence electrons. The number of aromatic nitrogens is 4. The summed E-state index contributed by atoms with van der Waals surface area (Å²) in [5.74, 6) is 0.666. The van der Waals surface area contributed by atoms with E-state index >= 15 is 0 Å². The molecule has 23 heavy (non-hydrogen) atoms. The zero-order valence-corrected chi connectivity index (χ0v) is 13.6. The van der Waals surface area contributed by atoms with Crippen LogP contribution in [0.2, 0.25) is 0 Å². The Balaban J connectivity index is 1.83. The molecule has 4 nitrogen and oxygen atoms in total. The van der Waals surface area contributed by atoms with Gasteiger partial charge in [0.25, 0.3) is 0 Å². The third-order valence-corrected chi connectivity index (χ3v) is 4.34. The number of aryl methyl sites for hydroxylation is 2. The van der Waals surface area contributed by atoms with Crippen molar-refractivity contribution in [2.24, 2.45) is 0 Å². The van der Waals surface area contributed by atoms with Crippen LogP contribution >= 0.6 is 11.8 Å². The van der Waals surface area contributed by atoms with E-state index in [-0.39, 0.29) is 0 Å². The minimum absolute atomic E-state index is 0.332. The third kappa shape index (κ3) is 3.44. The van der Waals surface area contributed by atoms with Crippen molar-refractivity contribution in [2.45, 2.75) is 31.3 Å². The molecule has 1 aromatic carbocycles. The molecule has 0 saturated carbocycles.